The van der Waals surface area contributed by atoms with Crippen molar-refractivity contribution in [1.29, 1.82) is 0 Å². The molecule has 0 fully saturated rings. The lowest BCUT2D eigenvalue weighted by Gasteiger charge is -2.20. The molecule has 0 saturated carbocycles. The summed E-state index contributed by atoms with van der Waals surface area (Å²) in [5.74, 6) is 1.70. The van der Waals surface area contributed by atoms with Crippen LogP contribution < -0.4 is 5.32 Å². The maximum absolute atomic E-state index is 5.33. The molecule has 1 rings (SSSR count). The van der Waals surface area contributed by atoms with E-state index in [4.69, 9.17) is 4.42 Å². The quantitative estimate of drug-likeness (QED) is 0.755. The van der Waals surface area contributed by atoms with Gasteiger partial charge < -0.3 is 9.73 Å². The molecular weight excluding hydrogens is 174 g/mol. The van der Waals surface area contributed by atoms with E-state index in [0.29, 0.717) is 12.0 Å². The third-order valence-electron chi connectivity index (χ3n) is 2.67. The molecule has 0 radical (unpaired) electrons. The third-order valence-corrected chi connectivity index (χ3v) is 2.67. The van der Waals surface area contributed by atoms with Gasteiger partial charge in [-0.1, -0.05) is 13.8 Å². The minimum atomic E-state index is 0.556. The van der Waals surface area contributed by atoms with Gasteiger partial charge in [-0.3, -0.25) is 0 Å². The van der Waals surface area contributed by atoms with Crippen molar-refractivity contribution in [3.63, 3.8) is 0 Å². The Bertz CT molecular complexity index is 230. The molecule has 1 heterocycles. The Morgan fingerprint density at radius 2 is 2.21 bits per heavy atom. The average molecular weight is 195 g/mol. The number of hydrogen-bond donors (Lipinski definition) is 1. The van der Waals surface area contributed by atoms with Crippen molar-refractivity contribution >= 4 is 0 Å². The summed E-state index contributed by atoms with van der Waals surface area (Å²) >= 11 is 0. The zero-order chi connectivity index (χ0) is 10.4. The van der Waals surface area contributed by atoms with Crippen molar-refractivity contribution in [3.05, 3.63) is 24.2 Å². The van der Waals surface area contributed by atoms with Crippen LogP contribution in [0.5, 0.6) is 0 Å². The molecular formula is C12H21NO. The Kier molecular flexibility index (Phi) is 4.74. The maximum Gasteiger partial charge on any atom is 0.104 e. The molecule has 1 aromatic rings. The van der Waals surface area contributed by atoms with Crippen LogP contribution >= 0.6 is 0 Å². The summed E-state index contributed by atoms with van der Waals surface area (Å²) in [7, 11) is 0. The summed E-state index contributed by atoms with van der Waals surface area (Å²) in [6, 6.07) is 4.55. The number of nitrogens with one attached hydrogen (secondary N) is 1. The monoisotopic (exact) mass is 195 g/mol. The van der Waals surface area contributed by atoms with Crippen molar-refractivity contribution in [2.45, 2.75) is 39.7 Å². The van der Waals surface area contributed by atoms with Gasteiger partial charge in [-0.05, 0) is 37.9 Å². The van der Waals surface area contributed by atoms with Crippen molar-refractivity contribution in [3.8, 4) is 0 Å². The van der Waals surface area contributed by atoms with E-state index in [2.05, 4.69) is 26.1 Å². The van der Waals surface area contributed by atoms with E-state index in [1.54, 1.807) is 6.26 Å². The molecule has 0 aliphatic rings. The first-order valence-electron chi connectivity index (χ1n) is 5.49. The largest absolute Gasteiger partial charge is 0.469 e. The van der Waals surface area contributed by atoms with E-state index >= 15 is 0 Å². The molecule has 0 amide bonds. The fraction of sp³-hybridized carbons (Fsp3) is 0.667. The summed E-state index contributed by atoms with van der Waals surface area (Å²) in [6.07, 6.45) is 3.95. The normalized spacial score (nSPS) is 15.4. The fourth-order valence-corrected chi connectivity index (χ4v) is 1.50. The molecule has 0 aliphatic heterocycles. The SMILES string of the molecule is CCCNC(C)C(C)Cc1ccco1. The zero-order valence-electron chi connectivity index (χ0n) is 9.42. The van der Waals surface area contributed by atoms with Crippen LogP contribution in [0.3, 0.4) is 0 Å². The van der Waals surface area contributed by atoms with Gasteiger partial charge in [0.15, 0.2) is 0 Å². The van der Waals surface area contributed by atoms with Crippen LogP contribution in [0.4, 0.5) is 0 Å². The Hall–Kier alpha value is -0.760. The van der Waals surface area contributed by atoms with Crippen LogP contribution in [0, 0.1) is 5.92 Å². The Balaban J connectivity index is 2.30. The van der Waals surface area contributed by atoms with E-state index in [-0.39, 0.29) is 0 Å². The Labute approximate surface area is 86.7 Å². The van der Waals surface area contributed by atoms with E-state index < -0.39 is 0 Å². The van der Waals surface area contributed by atoms with Gasteiger partial charge in [-0.25, -0.2) is 0 Å². The molecule has 0 aliphatic carbocycles. The Morgan fingerprint density at radius 1 is 1.43 bits per heavy atom. The van der Waals surface area contributed by atoms with Crippen LogP contribution in [0.2, 0.25) is 0 Å². The van der Waals surface area contributed by atoms with E-state index in [9.17, 15) is 0 Å². The van der Waals surface area contributed by atoms with Gasteiger partial charge in [0.1, 0.15) is 5.76 Å². The highest BCUT2D eigenvalue weighted by molar-refractivity contribution is 4.99. The van der Waals surface area contributed by atoms with Gasteiger partial charge >= 0.3 is 0 Å². The number of furan rings is 1. The summed E-state index contributed by atoms with van der Waals surface area (Å²) in [5.41, 5.74) is 0. The number of hydrogen-bond acceptors (Lipinski definition) is 2. The molecule has 0 aromatic carbocycles. The molecule has 0 spiro atoms. The lowest BCUT2D eigenvalue weighted by Crippen LogP contribution is -2.33. The predicted molar refractivity (Wildman–Crippen MR) is 59.3 cm³/mol. The van der Waals surface area contributed by atoms with E-state index in [1.165, 1.54) is 6.42 Å². The summed E-state index contributed by atoms with van der Waals surface area (Å²) in [4.78, 5) is 0. The second-order valence-electron chi connectivity index (χ2n) is 4.00. The van der Waals surface area contributed by atoms with Crippen LogP contribution in [0.15, 0.2) is 22.8 Å². The first-order valence-corrected chi connectivity index (χ1v) is 5.49. The average Bonchev–Trinajstić information content (AvgIpc) is 2.66. The molecule has 2 atom stereocenters. The molecule has 1 aromatic heterocycles. The molecule has 0 saturated heterocycles. The predicted octanol–water partition coefficient (Wildman–Crippen LogP) is 2.85. The molecule has 80 valence electrons. The van der Waals surface area contributed by atoms with Crippen molar-refractivity contribution in [2.75, 3.05) is 6.54 Å². The summed E-state index contributed by atoms with van der Waals surface area (Å²) in [6.45, 7) is 7.79. The van der Waals surface area contributed by atoms with Crippen LogP contribution in [-0.4, -0.2) is 12.6 Å². The maximum atomic E-state index is 5.33. The highest BCUT2D eigenvalue weighted by Gasteiger charge is 2.12. The van der Waals surface area contributed by atoms with E-state index in [1.807, 2.05) is 12.1 Å². The minimum Gasteiger partial charge on any atom is -0.469 e. The first-order chi connectivity index (χ1) is 6.74. The minimum absolute atomic E-state index is 0.556. The second kappa shape index (κ2) is 5.86. The second-order valence-corrected chi connectivity index (χ2v) is 4.00. The molecule has 14 heavy (non-hydrogen) atoms. The fourth-order valence-electron chi connectivity index (χ4n) is 1.50. The first kappa shape index (κ1) is 11.3. The summed E-state index contributed by atoms with van der Waals surface area (Å²) < 4.78 is 5.33. The topological polar surface area (TPSA) is 25.2 Å². The van der Waals surface area contributed by atoms with Gasteiger partial charge in [0.2, 0.25) is 0 Å². The van der Waals surface area contributed by atoms with Crippen molar-refractivity contribution in [1.82, 2.24) is 5.32 Å². The van der Waals surface area contributed by atoms with Crippen molar-refractivity contribution in [2.24, 2.45) is 5.92 Å². The van der Waals surface area contributed by atoms with Crippen LogP contribution in [-0.2, 0) is 6.42 Å². The lowest BCUT2D eigenvalue weighted by molar-refractivity contribution is 0.369. The molecule has 2 heteroatoms. The molecule has 2 nitrogen and oxygen atoms in total. The Morgan fingerprint density at radius 3 is 2.79 bits per heavy atom. The van der Waals surface area contributed by atoms with Crippen LogP contribution in [0.25, 0.3) is 0 Å². The standard InChI is InChI=1S/C12H21NO/c1-4-7-13-11(3)10(2)9-12-6-5-8-14-12/h5-6,8,10-11,13H,4,7,9H2,1-3H3. The van der Waals surface area contributed by atoms with Gasteiger partial charge in [-0.15, -0.1) is 0 Å². The van der Waals surface area contributed by atoms with Gasteiger partial charge in [0.25, 0.3) is 0 Å². The molecule has 0 bridgehead atoms. The van der Waals surface area contributed by atoms with Gasteiger partial charge in [0.05, 0.1) is 6.26 Å². The van der Waals surface area contributed by atoms with Gasteiger partial charge in [0, 0.05) is 12.5 Å². The molecule has 1 N–H and O–H groups in total. The van der Waals surface area contributed by atoms with E-state index in [0.717, 1.165) is 18.7 Å². The summed E-state index contributed by atoms with van der Waals surface area (Å²) in [5, 5.41) is 3.50. The van der Waals surface area contributed by atoms with Gasteiger partial charge in [-0.2, -0.15) is 0 Å². The highest BCUT2D eigenvalue weighted by atomic mass is 16.3. The van der Waals surface area contributed by atoms with Crippen molar-refractivity contribution < 1.29 is 4.42 Å². The lowest BCUT2D eigenvalue weighted by atomic mass is 9.98. The highest BCUT2D eigenvalue weighted by Crippen LogP contribution is 2.12. The molecule has 2 unspecified atom stereocenters. The smallest absolute Gasteiger partial charge is 0.104 e. The zero-order valence-corrected chi connectivity index (χ0v) is 9.42. The van der Waals surface area contributed by atoms with Crippen LogP contribution in [0.1, 0.15) is 33.0 Å². The third kappa shape index (κ3) is 3.54. The number of rotatable bonds is 6.